The summed E-state index contributed by atoms with van der Waals surface area (Å²) in [6, 6.07) is 14.9. The Kier molecular flexibility index (Phi) is 6.75. The van der Waals surface area contributed by atoms with Gasteiger partial charge in [0.1, 0.15) is 17.6 Å². The lowest BCUT2D eigenvalue weighted by molar-refractivity contribution is 0.206. The summed E-state index contributed by atoms with van der Waals surface area (Å²) in [5, 5.41) is 3.62. The van der Waals surface area contributed by atoms with Crippen LogP contribution in [0.3, 0.4) is 0 Å². The van der Waals surface area contributed by atoms with E-state index >= 15 is 0 Å². The minimum Gasteiger partial charge on any atom is -0.495 e. The molecule has 0 saturated carbocycles. The molecule has 1 atom stereocenters. The van der Waals surface area contributed by atoms with Crippen molar-refractivity contribution in [1.29, 1.82) is 0 Å². The smallest absolute Gasteiger partial charge is 0.193 e. The van der Waals surface area contributed by atoms with Gasteiger partial charge in [0, 0.05) is 0 Å². The number of guanidine groups is 1. The van der Waals surface area contributed by atoms with Crippen molar-refractivity contribution in [3.05, 3.63) is 53.6 Å². The normalized spacial score (nSPS) is 12.5. The SMILES string of the molecule is CCC(CN=C(N)Nc1ccccc1OC)Oc1ccccc1Cl. The first-order valence-corrected chi connectivity index (χ1v) is 8.13. The molecule has 0 aliphatic carbocycles. The Morgan fingerprint density at radius 1 is 1.17 bits per heavy atom. The van der Waals surface area contributed by atoms with Gasteiger partial charge in [0.15, 0.2) is 5.96 Å². The average molecular weight is 348 g/mol. The number of aliphatic imine (C=N–C) groups is 1. The Hall–Kier alpha value is -2.40. The van der Waals surface area contributed by atoms with E-state index in [-0.39, 0.29) is 6.10 Å². The van der Waals surface area contributed by atoms with Gasteiger partial charge in [-0.2, -0.15) is 0 Å². The molecule has 1 unspecified atom stereocenters. The Labute approximate surface area is 147 Å². The van der Waals surface area contributed by atoms with E-state index in [0.717, 1.165) is 12.1 Å². The number of halogens is 1. The molecular weight excluding hydrogens is 326 g/mol. The van der Waals surface area contributed by atoms with Gasteiger partial charge < -0.3 is 20.5 Å². The number of anilines is 1. The van der Waals surface area contributed by atoms with Crippen LogP contribution in [0.1, 0.15) is 13.3 Å². The molecule has 128 valence electrons. The standard InChI is InChI=1S/C18H22ClN3O2/c1-3-13(24-16-10-6-4-8-14(16)19)12-21-18(20)22-15-9-5-7-11-17(15)23-2/h4-11,13H,3,12H2,1-2H3,(H3,20,21,22). The second-order valence-electron chi connectivity index (χ2n) is 5.13. The third kappa shape index (κ3) is 5.06. The molecule has 5 nitrogen and oxygen atoms in total. The van der Waals surface area contributed by atoms with Crippen LogP contribution in [-0.2, 0) is 0 Å². The number of nitrogens with zero attached hydrogens (tertiary/aromatic N) is 1. The Morgan fingerprint density at radius 3 is 2.50 bits per heavy atom. The van der Waals surface area contributed by atoms with Gasteiger partial charge in [-0.3, -0.25) is 0 Å². The van der Waals surface area contributed by atoms with Crippen LogP contribution in [0.4, 0.5) is 5.69 Å². The summed E-state index contributed by atoms with van der Waals surface area (Å²) in [5.74, 6) is 1.66. The molecule has 0 heterocycles. The first-order valence-electron chi connectivity index (χ1n) is 7.75. The number of benzene rings is 2. The Balaban J connectivity index is 1.98. The van der Waals surface area contributed by atoms with E-state index in [9.17, 15) is 0 Å². The molecule has 2 rings (SSSR count). The maximum absolute atomic E-state index is 6.12. The number of ether oxygens (including phenoxy) is 2. The molecular formula is C18H22ClN3O2. The summed E-state index contributed by atoms with van der Waals surface area (Å²) < 4.78 is 11.2. The van der Waals surface area contributed by atoms with Crippen molar-refractivity contribution < 1.29 is 9.47 Å². The fourth-order valence-corrected chi connectivity index (χ4v) is 2.28. The summed E-state index contributed by atoms with van der Waals surface area (Å²) in [7, 11) is 1.61. The van der Waals surface area contributed by atoms with Crippen molar-refractivity contribution in [3.8, 4) is 11.5 Å². The van der Waals surface area contributed by atoms with Crippen LogP contribution in [0.5, 0.6) is 11.5 Å². The minimum atomic E-state index is -0.108. The summed E-state index contributed by atoms with van der Waals surface area (Å²) >= 11 is 6.12. The summed E-state index contributed by atoms with van der Waals surface area (Å²) in [6.07, 6.45) is 0.680. The molecule has 3 N–H and O–H groups in total. The first-order chi connectivity index (χ1) is 11.6. The summed E-state index contributed by atoms with van der Waals surface area (Å²) in [6.45, 7) is 2.45. The van der Waals surface area contributed by atoms with Crippen molar-refractivity contribution in [1.82, 2.24) is 0 Å². The van der Waals surface area contributed by atoms with Gasteiger partial charge in [-0.1, -0.05) is 42.8 Å². The maximum atomic E-state index is 6.12. The number of nitrogens with one attached hydrogen (secondary N) is 1. The molecule has 6 heteroatoms. The zero-order valence-electron chi connectivity index (χ0n) is 13.8. The van der Waals surface area contributed by atoms with Gasteiger partial charge in [0.2, 0.25) is 0 Å². The zero-order chi connectivity index (χ0) is 17.4. The number of hydrogen-bond donors (Lipinski definition) is 2. The topological polar surface area (TPSA) is 68.9 Å². The van der Waals surface area contributed by atoms with Crippen LogP contribution in [0, 0.1) is 0 Å². The molecule has 0 radical (unpaired) electrons. The fraction of sp³-hybridized carbons (Fsp3) is 0.278. The van der Waals surface area contributed by atoms with E-state index in [1.165, 1.54) is 0 Å². The van der Waals surface area contributed by atoms with E-state index < -0.39 is 0 Å². The van der Waals surface area contributed by atoms with E-state index in [2.05, 4.69) is 10.3 Å². The second kappa shape index (κ2) is 9.03. The molecule has 2 aromatic carbocycles. The van der Waals surface area contributed by atoms with Crippen molar-refractivity contribution in [3.63, 3.8) is 0 Å². The highest BCUT2D eigenvalue weighted by Crippen LogP contribution is 2.25. The lowest BCUT2D eigenvalue weighted by Crippen LogP contribution is -2.27. The quantitative estimate of drug-likeness (QED) is 0.588. The first kappa shape index (κ1) is 17.9. The number of rotatable bonds is 7. The number of nitrogens with two attached hydrogens (primary N) is 1. The molecule has 0 fully saturated rings. The number of methoxy groups -OCH3 is 1. The van der Waals surface area contributed by atoms with Gasteiger partial charge in [-0.25, -0.2) is 4.99 Å². The third-order valence-electron chi connectivity index (χ3n) is 3.42. The lowest BCUT2D eigenvalue weighted by atomic mass is 10.2. The molecule has 0 aliphatic heterocycles. The average Bonchev–Trinajstić information content (AvgIpc) is 2.60. The largest absolute Gasteiger partial charge is 0.495 e. The van der Waals surface area contributed by atoms with Crippen molar-refractivity contribution in [2.24, 2.45) is 10.7 Å². The van der Waals surface area contributed by atoms with Crippen LogP contribution in [0.25, 0.3) is 0 Å². The predicted molar refractivity (Wildman–Crippen MR) is 99.3 cm³/mol. The van der Waals surface area contributed by atoms with Crippen molar-refractivity contribution in [2.45, 2.75) is 19.4 Å². The molecule has 0 aliphatic rings. The van der Waals surface area contributed by atoms with Crippen LogP contribution >= 0.6 is 11.6 Å². The summed E-state index contributed by atoms with van der Waals surface area (Å²) in [5.41, 5.74) is 6.72. The van der Waals surface area contributed by atoms with Crippen molar-refractivity contribution >= 4 is 23.2 Å². The molecule has 0 aromatic heterocycles. The van der Waals surface area contributed by atoms with Gasteiger partial charge in [-0.15, -0.1) is 0 Å². The molecule has 2 aromatic rings. The maximum Gasteiger partial charge on any atom is 0.193 e. The summed E-state index contributed by atoms with van der Waals surface area (Å²) in [4.78, 5) is 4.35. The third-order valence-corrected chi connectivity index (χ3v) is 3.73. The number of hydrogen-bond acceptors (Lipinski definition) is 3. The molecule has 0 saturated heterocycles. The monoisotopic (exact) mass is 347 g/mol. The molecule has 0 amide bonds. The van der Waals surface area contributed by atoms with Crippen LogP contribution < -0.4 is 20.5 Å². The Bertz CT molecular complexity index is 691. The highest BCUT2D eigenvalue weighted by atomic mass is 35.5. The van der Waals surface area contributed by atoms with Gasteiger partial charge in [-0.05, 0) is 30.7 Å². The molecule has 0 spiro atoms. The van der Waals surface area contributed by atoms with E-state index in [0.29, 0.717) is 29.0 Å². The van der Waals surface area contributed by atoms with Crippen LogP contribution in [0.2, 0.25) is 5.02 Å². The van der Waals surface area contributed by atoms with Gasteiger partial charge >= 0.3 is 0 Å². The highest BCUT2D eigenvalue weighted by molar-refractivity contribution is 6.32. The zero-order valence-corrected chi connectivity index (χ0v) is 14.6. The fourth-order valence-electron chi connectivity index (χ4n) is 2.10. The second-order valence-corrected chi connectivity index (χ2v) is 5.54. The van der Waals surface area contributed by atoms with Gasteiger partial charge in [0.05, 0.1) is 24.4 Å². The van der Waals surface area contributed by atoms with Crippen LogP contribution in [0.15, 0.2) is 53.5 Å². The molecule has 0 bridgehead atoms. The predicted octanol–water partition coefficient (Wildman–Crippen LogP) is 3.93. The van der Waals surface area contributed by atoms with E-state index in [1.54, 1.807) is 13.2 Å². The molecule has 24 heavy (non-hydrogen) atoms. The lowest BCUT2D eigenvalue weighted by Gasteiger charge is -2.17. The number of para-hydroxylation sites is 3. The van der Waals surface area contributed by atoms with Crippen molar-refractivity contribution in [2.75, 3.05) is 19.0 Å². The highest BCUT2D eigenvalue weighted by Gasteiger charge is 2.10. The van der Waals surface area contributed by atoms with Crippen LogP contribution in [-0.4, -0.2) is 25.7 Å². The van der Waals surface area contributed by atoms with Gasteiger partial charge in [0.25, 0.3) is 0 Å². The minimum absolute atomic E-state index is 0.108. The van der Waals surface area contributed by atoms with E-state index in [4.69, 9.17) is 26.8 Å². The Morgan fingerprint density at radius 2 is 1.83 bits per heavy atom. The van der Waals surface area contributed by atoms with E-state index in [1.807, 2.05) is 49.4 Å².